The summed E-state index contributed by atoms with van der Waals surface area (Å²) >= 11 is 1.05. The van der Waals surface area contributed by atoms with Gasteiger partial charge in [-0.2, -0.15) is 0 Å². The van der Waals surface area contributed by atoms with Crippen molar-refractivity contribution in [3.05, 3.63) is 86.2 Å². The molecule has 0 unspecified atom stereocenters. The molecule has 2 aromatic heterocycles. The number of fused-ring (bicyclic) bond motifs is 2. The van der Waals surface area contributed by atoms with Gasteiger partial charge in [0.2, 0.25) is 5.76 Å². The standard InChI is InChI=1S/C26H22N2O6S/c1-4-32-16-12-10-15(11-13-16)20-19-21(29)17-8-6-7-9-18(17)34-22(19)24(30)28(20)26-27-14(3)23(35-26)25(31)33-5-2/h6-13,20H,4-5H2,1-3H3/t20-/m0/s1. The summed E-state index contributed by atoms with van der Waals surface area (Å²) in [7, 11) is 0. The number of thiazole rings is 1. The summed E-state index contributed by atoms with van der Waals surface area (Å²) in [5.74, 6) is -0.355. The fourth-order valence-electron chi connectivity index (χ4n) is 4.22. The average molecular weight is 491 g/mol. The molecule has 8 nitrogen and oxygen atoms in total. The summed E-state index contributed by atoms with van der Waals surface area (Å²) in [6.45, 7) is 6.03. The highest BCUT2D eigenvalue weighted by atomic mass is 32.1. The molecule has 1 aliphatic heterocycles. The lowest BCUT2D eigenvalue weighted by Crippen LogP contribution is -2.29. The summed E-state index contributed by atoms with van der Waals surface area (Å²) in [6.07, 6.45) is 0. The lowest BCUT2D eigenvalue weighted by Gasteiger charge is -2.22. The maximum absolute atomic E-state index is 13.7. The van der Waals surface area contributed by atoms with Gasteiger partial charge in [0, 0.05) is 0 Å². The van der Waals surface area contributed by atoms with Crippen LogP contribution in [0.1, 0.15) is 56.9 Å². The van der Waals surface area contributed by atoms with Gasteiger partial charge in [0.15, 0.2) is 10.6 Å². The summed E-state index contributed by atoms with van der Waals surface area (Å²) in [5.41, 5.74) is 1.43. The van der Waals surface area contributed by atoms with Crippen LogP contribution in [-0.2, 0) is 4.74 Å². The van der Waals surface area contributed by atoms with Crippen molar-refractivity contribution in [3.8, 4) is 5.75 Å². The Hall–Kier alpha value is -3.98. The lowest BCUT2D eigenvalue weighted by atomic mass is 9.98. The first kappa shape index (κ1) is 22.8. The van der Waals surface area contributed by atoms with Crippen LogP contribution in [0.3, 0.4) is 0 Å². The second kappa shape index (κ2) is 8.99. The van der Waals surface area contributed by atoms with E-state index in [0.717, 1.165) is 11.3 Å². The van der Waals surface area contributed by atoms with E-state index in [4.69, 9.17) is 13.9 Å². The number of hydrogen-bond acceptors (Lipinski definition) is 8. The molecule has 178 valence electrons. The van der Waals surface area contributed by atoms with E-state index in [0.29, 0.717) is 39.5 Å². The minimum atomic E-state index is -0.783. The molecule has 0 saturated heterocycles. The summed E-state index contributed by atoms with van der Waals surface area (Å²) in [4.78, 5) is 45.9. The molecule has 1 amide bonds. The van der Waals surface area contributed by atoms with Crippen LogP contribution in [0.4, 0.5) is 5.13 Å². The number of esters is 1. The zero-order valence-electron chi connectivity index (χ0n) is 19.4. The number of aromatic nitrogens is 1. The van der Waals surface area contributed by atoms with E-state index in [9.17, 15) is 14.4 Å². The van der Waals surface area contributed by atoms with Crippen molar-refractivity contribution >= 4 is 39.3 Å². The van der Waals surface area contributed by atoms with E-state index in [1.54, 1.807) is 50.2 Å². The van der Waals surface area contributed by atoms with Crippen LogP contribution in [0.15, 0.2) is 57.7 Å². The average Bonchev–Trinajstić information content (AvgIpc) is 3.38. The topological polar surface area (TPSA) is 98.9 Å². The van der Waals surface area contributed by atoms with Crippen LogP contribution in [0.2, 0.25) is 0 Å². The summed E-state index contributed by atoms with van der Waals surface area (Å²) < 4.78 is 16.6. The van der Waals surface area contributed by atoms with Gasteiger partial charge in [-0.3, -0.25) is 14.5 Å². The fourth-order valence-corrected chi connectivity index (χ4v) is 5.20. The molecular weight excluding hydrogens is 468 g/mol. The number of ether oxygens (including phenoxy) is 2. The third-order valence-corrected chi connectivity index (χ3v) is 6.87. The maximum atomic E-state index is 13.7. The van der Waals surface area contributed by atoms with Crippen LogP contribution in [0.5, 0.6) is 5.75 Å². The Labute approximate surface area is 204 Å². The van der Waals surface area contributed by atoms with Gasteiger partial charge in [0.1, 0.15) is 16.2 Å². The largest absolute Gasteiger partial charge is 0.494 e. The van der Waals surface area contributed by atoms with E-state index in [1.165, 1.54) is 4.90 Å². The molecule has 0 bridgehead atoms. The first-order valence-electron chi connectivity index (χ1n) is 11.2. The molecule has 0 N–H and O–H groups in total. The van der Waals surface area contributed by atoms with Crippen molar-refractivity contribution in [1.82, 2.24) is 4.98 Å². The van der Waals surface area contributed by atoms with Crippen LogP contribution < -0.4 is 15.1 Å². The van der Waals surface area contributed by atoms with Crippen molar-refractivity contribution in [3.63, 3.8) is 0 Å². The molecule has 0 saturated carbocycles. The van der Waals surface area contributed by atoms with Crippen molar-refractivity contribution < 1.29 is 23.5 Å². The number of carbonyl (C=O) groups excluding carboxylic acids is 2. The molecule has 0 radical (unpaired) electrons. The van der Waals surface area contributed by atoms with Gasteiger partial charge in [-0.05, 0) is 50.6 Å². The molecule has 35 heavy (non-hydrogen) atoms. The molecule has 3 heterocycles. The summed E-state index contributed by atoms with van der Waals surface area (Å²) in [6, 6.07) is 13.3. The number of rotatable bonds is 6. The minimum absolute atomic E-state index is 0.0295. The van der Waals surface area contributed by atoms with Crippen molar-refractivity contribution in [2.45, 2.75) is 26.8 Å². The van der Waals surface area contributed by atoms with Crippen LogP contribution in [-0.4, -0.2) is 30.1 Å². The number of para-hydroxylation sites is 1. The Balaban J connectivity index is 1.71. The first-order chi connectivity index (χ1) is 16.9. The van der Waals surface area contributed by atoms with Crippen molar-refractivity contribution in [2.75, 3.05) is 18.1 Å². The van der Waals surface area contributed by atoms with Crippen LogP contribution in [0.25, 0.3) is 11.0 Å². The Morgan fingerprint density at radius 3 is 2.54 bits per heavy atom. The predicted molar refractivity (Wildman–Crippen MR) is 132 cm³/mol. The van der Waals surface area contributed by atoms with Gasteiger partial charge in [0.25, 0.3) is 5.91 Å². The third-order valence-electron chi connectivity index (χ3n) is 5.74. The fraction of sp³-hybridized carbons (Fsp3) is 0.231. The maximum Gasteiger partial charge on any atom is 0.350 e. The van der Waals surface area contributed by atoms with E-state index in [2.05, 4.69) is 4.98 Å². The van der Waals surface area contributed by atoms with E-state index in [1.807, 2.05) is 19.1 Å². The Bertz CT molecular complexity index is 1500. The Morgan fingerprint density at radius 2 is 1.83 bits per heavy atom. The molecule has 1 atom stereocenters. The quantitative estimate of drug-likeness (QED) is 0.355. The zero-order chi connectivity index (χ0) is 24.7. The molecule has 0 aliphatic carbocycles. The number of aryl methyl sites for hydroxylation is 1. The van der Waals surface area contributed by atoms with Crippen LogP contribution >= 0.6 is 11.3 Å². The Morgan fingerprint density at radius 1 is 1.09 bits per heavy atom. The first-order valence-corrected chi connectivity index (χ1v) is 12.0. The van der Waals surface area contributed by atoms with Gasteiger partial charge in [-0.1, -0.05) is 35.6 Å². The molecule has 9 heteroatoms. The smallest absolute Gasteiger partial charge is 0.350 e. The van der Waals surface area contributed by atoms with Crippen molar-refractivity contribution in [1.29, 1.82) is 0 Å². The number of amides is 1. The number of benzene rings is 2. The minimum Gasteiger partial charge on any atom is -0.494 e. The van der Waals surface area contributed by atoms with Gasteiger partial charge in [-0.25, -0.2) is 9.78 Å². The highest BCUT2D eigenvalue weighted by Gasteiger charge is 2.45. The van der Waals surface area contributed by atoms with Gasteiger partial charge < -0.3 is 13.9 Å². The highest BCUT2D eigenvalue weighted by Crippen LogP contribution is 2.43. The number of anilines is 1. The lowest BCUT2D eigenvalue weighted by molar-refractivity contribution is 0.0531. The molecule has 0 fully saturated rings. The van der Waals surface area contributed by atoms with E-state index >= 15 is 0 Å². The number of carbonyl (C=O) groups is 2. The molecule has 2 aromatic carbocycles. The Kier molecular flexibility index (Phi) is 5.86. The normalized spacial score (nSPS) is 14.9. The SMILES string of the molecule is CCOC(=O)c1sc(N2C(=O)c3oc4ccccc4c(=O)c3[C@@H]2c2ccc(OCC)cc2)nc1C. The predicted octanol–water partition coefficient (Wildman–Crippen LogP) is 4.88. The van der Waals surface area contributed by atoms with E-state index < -0.39 is 17.9 Å². The molecule has 0 spiro atoms. The van der Waals surface area contributed by atoms with Crippen LogP contribution in [0, 0.1) is 6.92 Å². The van der Waals surface area contributed by atoms with Gasteiger partial charge in [-0.15, -0.1) is 0 Å². The number of hydrogen-bond donors (Lipinski definition) is 0. The van der Waals surface area contributed by atoms with E-state index in [-0.39, 0.29) is 28.5 Å². The summed E-state index contributed by atoms with van der Waals surface area (Å²) in [5, 5.41) is 0.670. The molecule has 1 aliphatic rings. The molecule has 4 aromatic rings. The second-order valence-electron chi connectivity index (χ2n) is 7.88. The zero-order valence-corrected chi connectivity index (χ0v) is 20.2. The number of nitrogens with zero attached hydrogens (tertiary/aromatic N) is 2. The van der Waals surface area contributed by atoms with Gasteiger partial charge in [0.05, 0.1) is 35.9 Å². The van der Waals surface area contributed by atoms with Crippen molar-refractivity contribution in [2.24, 2.45) is 0 Å². The molecule has 5 rings (SSSR count). The van der Waals surface area contributed by atoms with Gasteiger partial charge >= 0.3 is 5.97 Å². The monoisotopic (exact) mass is 490 g/mol. The highest BCUT2D eigenvalue weighted by molar-refractivity contribution is 7.17. The third kappa shape index (κ3) is 3.77. The second-order valence-corrected chi connectivity index (χ2v) is 8.86. The molecular formula is C26H22N2O6S.